The molecule has 6 heteroatoms. The van der Waals surface area contributed by atoms with E-state index in [0.717, 1.165) is 32.6 Å². The van der Waals surface area contributed by atoms with Crippen LogP contribution in [0.4, 0.5) is 0 Å². The Morgan fingerprint density at radius 1 is 1.14 bits per heavy atom. The summed E-state index contributed by atoms with van der Waals surface area (Å²) in [6, 6.07) is 9.05. The fraction of sp³-hybridized carbons (Fsp3) is 0.600. The van der Waals surface area contributed by atoms with Crippen molar-refractivity contribution >= 4 is 10.0 Å². The van der Waals surface area contributed by atoms with Crippen molar-refractivity contribution in [3.05, 3.63) is 35.4 Å². The summed E-state index contributed by atoms with van der Waals surface area (Å²) in [4.78, 5) is 2.37. The van der Waals surface area contributed by atoms with Gasteiger partial charge >= 0.3 is 0 Å². The van der Waals surface area contributed by atoms with Gasteiger partial charge in [-0.15, -0.1) is 0 Å². The molecule has 1 atom stereocenters. The van der Waals surface area contributed by atoms with Gasteiger partial charge in [-0.3, -0.25) is 4.90 Å². The minimum atomic E-state index is -3.03. The van der Waals surface area contributed by atoms with Crippen LogP contribution in [0, 0.1) is 0 Å². The average Bonchev–Trinajstić information content (AvgIpc) is 2.47. The van der Waals surface area contributed by atoms with E-state index in [9.17, 15) is 8.42 Å². The van der Waals surface area contributed by atoms with Crippen molar-refractivity contribution in [1.29, 1.82) is 0 Å². The first-order chi connectivity index (χ1) is 10.0. The van der Waals surface area contributed by atoms with Gasteiger partial charge in [0.15, 0.2) is 0 Å². The third-order valence-corrected chi connectivity index (χ3v) is 5.75. The number of hydrogen-bond acceptors (Lipinski definition) is 4. The smallest absolute Gasteiger partial charge is 0.211 e. The fourth-order valence-corrected chi connectivity index (χ4v) is 4.03. The van der Waals surface area contributed by atoms with Crippen LogP contribution in [0.1, 0.15) is 11.1 Å². The summed E-state index contributed by atoms with van der Waals surface area (Å²) in [5, 5.41) is 3.59. The van der Waals surface area contributed by atoms with E-state index >= 15 is 0 Å². The minimum absolute atomic E-state index is 0.463. The monoisotopic (exact) mass is 309 g/mol. The molecule has 1 aromatic rings. The molecule has 1 N–H and O–H groups in total. The zero-order chi connectivity index (χ0) is 14.9. The van der Waals surface area contributed by atoms with Gasteiger partial charge in [-0.1, -0.05) is 24.3 Å². The van der Waals surface area contributed by atoms with E-state index < -0.39 is 10.0 Å². The SMILES string of the molecule is CS(=O)(=O)N1CCN(CC2Cc3ccccc3CN2)CC1. The Labute approximate surface area is 127 Å². The third kappa shape index (κ3) is 3.63. The molecular formula is C15H23N3O2S. The van der Waals surface area contributed by atoms with E-state index in [0.29, 0.717) is 19.1 Å². The van der Waals surface area contributed by atoms with Crippen LogP contribution in [-0.4, -0.2) is 62.6 Å². The predicted molar refractivity (Wildman–Crippen MR) is 83.6 cm³/mol. The van der Waals surface area contributed by atoms with E-state index in [1.54, 1.807) is 4.31 Å². The molecule has 5 nitrogen and oxygen atoms in total. The van der Waals surface area contributed by atoms with E-state index in [-0.39, 0.29) is 0 Å². The van der Waals surface area contributed by atoms with Crippen molar-refractivity contribution < 1.29 is 8.42 Å². The number of piperazine rings is 1. The van der Waals surface area contributed by atoms with Gasteiger partial charge in [0.2, 0.25) is 10.0 Å². The first kappa shape index (κ1) is 15.0. The molecular weight excluding hydrogens is 286 g/mol. The lowest BCUT2D eigenvalue weighted by molar-refractivity contribution is 0.170. The van der Waals surface area contributed by atoms with Crippen LogP contribution < -0.4 is 5.32 Å². The Morgan fingerprint density at radius 3 is 2.48 bits per heavy atom. The number of hydrogen-bond donors (Lipinski definition) is 1. The second-order valence-electron chi connectivity index (χ2n) is 6.01. The average molecular weight is 309 g/mol. The first-order valence-electron chi connectivity index (χ1n) is 7.50. The summed E-state index contributed by atoms with van der Waals surface area (Å²) >= 11 is 0. The number of rotatable bonds is 3. The Morgan fingerprint density at radius 2 is 1.81 bits per heavy atom. The Bertz CT molecular complexity index is 595. The zero-order valence-electron chi connectivity index (χ0n) is 12.5. The maximum absolute atomic E-state index is 11.5. The largest absolute Gasteiger partial charge is 0.308 e. The molecule has 0 spiro atoms. The van der Waals surface area contributed by atoms with E-state index in [2.05, 4.69) is 34.5 Å². The quantitative estimate of drug-likeness (QED) is 0.871. The van der Waals surface area contributed by atoms with Gasteiger partial charge in [0.05, 0.1) is 6.26 Å². The lowest BCUT2D eigenvalue weighted by Crippen LogP contribution is -2.52. The Hall–Kier alpha value is -0.950. The number of nitrogens with one attached hydrogen (secondary N) is 1. The van der Waals surface area contributed by atoms with Gasteiger partial charge in [-0.25, -0.2) is 8.42 Å². The summed E-state index contributed by atoms with van der Waals surface area (Å²) in [6.45, 7) is 4.81. The fourth-order valence-electron chi connectivity index (χ4n) is 3.21. The van der Waals surface area contributed by atoms with Crippen LogP contribution in [0.15, 0.2) is 24.3 Å². The Kier molecular flexibility index (Phi) is 4.31. The molecule has 0 aromatic heterocycles. The topological polar surface area (TPSA) is 52.7 Å². The molecule has 21 heavy (non-hydrogen) atoms. The first-order valence-corrected chi connectivity index (χ1v) is 9.35. The van der Waals surface area contributed by atoms with Crippen molar-refractivity contribution in [3.8, 4) is 0 Å². The number of sulfonamides is 1. The highest BCUT2D eigenvalue weighted by Crippen LogP contribution is 2.17. The van der Waals surface area contributed by atoms with Crippen molar-refractivity contribution in [2.75, 3.05) is 39.0 Å². The van der Waals surface area contributed by atoms with Crippen LogP contribution in [0.25, 0.3) is 0 Å². The molecule has 0 amide bonds. The summed E-state index contributed by atoms with van der Waals surface area (Å²) in [5.74, 6) is 0. The molecule has 1 saturated heterocycles. The second-order valence-corrected chi connectivity index (χ2v) is 8.00. The highest BCUT2D eigenvalue weighted by atomic mass is 32.2. The maximum atomic E-state index is 11.5. The van der Waals surface area contributed by atoms with Crippen molar-refractivity contribution in [2.45, 2.75) is 19.0 Å². The molecule has 0 bridgehead atoms. The molecule has 1 unspecified atom stereocenters. The predicted octanol–water partition coefficient (Wildman–Crippen LogP) is 0.278. The summed E-state index contributed by atoms with van der Waals surface area (Å²) in [7, 11) is -3.03. The molecule has 1 fully saturated rings. The molecule has 0 saturated carbocycles. The molecule has 1 aromatic carbocycles. The van der Waals surface area contributed by atoms with Gasteiger partial charge in [-0.2, -0.15) is 4.31 Å². The summed E-state index contributed by atoms with van der Waals surface area (Å²) in [5.41, 5.74) is 2.84. The van der Waals surface area contributed by atoms with Gasteiger partial charge in [0.1, 0.15) is 0 Å². The van der Waals surface area contributed by atoms with Gasteiger partial charge in [-0.05, 0) is 17.5 Å². The molecule has 2 aliphatic heterocycles. The van der Waals surface area contributed by atoms with Gasteiger partial charge < -0.3 is 5.32 Å². The van der Waals surface area contributed by atoms with Gasteiger partial charge in [0.25, 0.3) is 0 Å². The molecule has 0 radical (unpaired) electrons. The van der Waals surface area contributed by atoms with Crippen LogP contribution >= 0.6 is 0 Å². The van der Waals surface area contributed by atoms with Crippen LogP contribution in [0.5, 0.6) is 0 Å². The standard InChI is InChI=1S/C15H23N3O2S/c1-21(19,20)18-8-6-17(7-9-18)12-15-10-13-4-2-3-5-14(13)11-16-15/h2-5,15-16H,6-12H2,1H3. The van der Waals surface area contributed by atoms with Crippen molar-refractivity contribution in [1.82, 2.24) is 14.5 Å². The van der Waals surface area contributed by atoms with E-state index in [4.69, 9.17) is 0 Å². The third-order valence-electron chi connectivity index (χ3n) is 4.44. The number of benzene rings is 1. The van der Waals surface area contributed by atoms with E-state index in [1.165, 1.54) is 17.4 Å². The highest BCUT2D eigenvalue weighted by molar-refractivity contribution is 7.88. The highest BCUT2D eigenvalue weighted by Gasteiger charge is 2.26. The number of nitrogens with zero attached hydrogens (tertiary/aromatic N) is 2. The van der Waals surface area contributed by atoms with Crippen LogP contribution in [-0.2, 0) is 23.0 Å². The van der Waals surface area contributed by atoms with Crippen LogP contribution in [0.2, 0.25) is 0 Å². The van der Waals surface area contributed by atoms with E-state index in [1.807, 2.05) is 0 Å². The van der Waals surface area contributed by atoms with Crippen LogP contribution in [0.3, 0.4) is 0 Å². The van der Waals surface area contributed by atoms with Crippen molar-refractivity contribution in [2.24, 2.45) is 0 Å². The molecule has 2 aliphatic rings. The second kappa shape index (κ2) is 6.04. The maximum Gasteiger partial charge on any atom is 0.211 e. The summed E-state index contributed by atoms with van der Waals surface area (Å²) in [6.07, 6.45) is 2.35. The molecule has 0 aliphatic carbocycles. The zero-order valence-corrected chi connectivity index (χ0v) is 13.3. The molecule has 3 rings (SSSR count). The number of fused-ring (bicyclic) bond motifs is 1. The van der Waals surface area contributed by atoms with Crippen molar-refractivity contribution in [3.63, 3.8) is 0 Å². The lowest BCUT2D eigenvalue weighted by Gasteiger charge is -2.36. The Balaban J connectivity index is 1.53. The molecule has 2 heterocycles. The lowest BCUT2D eigenvalue weighted by atomic mass is 9.95. The minimum Gasteiger partial charge on any atom is -0.308 e. The molecule has 116 valence electrons. The van der Waals surface area contributed by atoms with Gasteiger partial charge in [0, 0.05) is 45.3 Å². The normalized spacial score (nSPS) is 24.7. The summed E-state index contributed by atoms with van der Waals surface area (Å²) < 4.78 is 24.6.